The monoisotopic (exact) mass is 229 g/mol. The molecule has 0 rings (SSSR count). The van der Waals surface area contributed by atoms with E-state index in [1.807, 2.05) is 6.92 Å². The highest BCUT2D eigenvalue weighted by atomic mass is 16.4. The van der Waals surface area contributed by atoms with Gasteiger partial charge in [0.1, 0.15) is 5.54 Å². The minimum Gasteiger partial charge on any atom is -0.480 e. The smallest absolute Gasteiger partial charge is 0.323 e. The Morgan fingerprint density at radius 1 is 1.31 bits per heavy atom. The molecule has 0 spiro atoms. The standard InChI is InChI=1S/C13H27NO2/c1-6-9-13(5,12(15)16)14-11(4)8-7-10(2)3/h10-11,14H,6-9H2,1-5H3,(H,15,16). The number of rotatable bonds is 8. The maximum atomic E-state index is 11.2. The molecule has 3 nitrogen and oxygen atoms in total. The summed E-state index contributed by atoms with van der Waals surface area (Å²) in [5.41, 5.74) is -0.773. The van der Waals surface area contributed by atoms with Crippen molar-refractivity contribution in [2.75, 3.05) is 0 Å². The SMILES string of the molecule is CCCC(C)(NC(C)CCC(C)C)C(=O)O. The summed E-state index contributed by atoms with van der Waals surface area (Å²) in [6.45, 7) is 10.2. The third-order valence-electron chi connectivity index (χ3n) is 2.96. The zero-order chi connectivity index (χ0) is 12.8. The van der Waals surface area contributed by atoms with Crippen LogP contribution in [0.2, 0.25) is 0 Å². The Morgan fingerprint density at radius 3 is 2.25 bits per heavy atom. The van der Waals surface area contributed by atoms with Crippen molar-refractivity contribution in [3.63, 3.8) is 0 Å². The number of carboxylic acid groups (broad SMARTS) is 1. The van der Waals surface area contributed by atoms with Gasteiger partial charge >= 0.3 is 5.97 Å². The van der Waals surface area contributed by atoms with Crippen LogP contribution in [0.1, 0.15) is 60.3 Å². The van der Waals surface area contributed by atoms with E-state index >= 15 is 0 Å². The van der Waals surface area contributed by atoms with Crippen LogP contribution in [0.25, 0.3) is 0 Å². The minimum atomic E-state index is -0.773. The summed E-state index contributed by atoms with van der Waals surface area (Å²) in [7, 11) is 0. The van der Waals surface area contributed by atoms with Gasteiger partial charge in [0.05, 0.1) is 0 Å². The Morgan fingerprint density at radius 2 is 1.88 bits per heavy atom. The first-order valence-electron chi connectivity index (χ1n) is 6.33. The number of carbonyl (C=O) groups is 1. The Balaban J connectivity index is 4.23. The number of aliphatic carboxylic acids is 1. The second kappa shape index (κ2) is 6.89. The Kier molecular flexibility index (Phi) is 6.65. The van der Waals surface area contributed by atoms with Crippen molar-refractivity contribution in [2.45, 2.75) is 71.9 Å². The molecule has 96 valence electrons. The molecule has 2 unspecified atom stereocenters. The summed E-state index contributed by atoms with van der Waals surface area (Å²) >= 11 is 0. The van der Waals surface area contributed by atoms with Crippen LogP contribution < -0.4 is 5.32 Å². The normalized spacial score (nSPS) is 17.1. The van der Waals surface area contributed by atoms with Gasteiger partial charge in [-0.05, 0) is 39.0 Å². The maximum Gasteiger partial charge on any atom is 0.323 e. The van der Waals surface area contributed by atoms with Crippen molar-refractivity contribution in [2.24, 2.45) is 5.92 Å². The summed E-state index contributed by atoms with van der Waals surface area (Å²) in [4.78, 5) is 11.2. The second-order valence-electron chi connectivity index (χ2n) is 5.40. The van der Waals surface area contributed by atoms with Gasteiger partial charge in [-0.3, -0.25) is 10.1 Å². The van der Waals surface area contributed by atoms with Crippen molar-refractivity contribution in [1.82, 2.24) is 5.32 Å². The Bertz CT molecular complexity index is 216. The van der Waals surface area contributed by atoms with Crippen LogP contribution in [-0.4, -0.2) is 22.7 Å². The third-order valence-corrected chi connectivity index (χ3v) is 2.96. The van der Waals surface area contributed by atoms with Gasteiger partial charge in [-0.25, -0.2) is 0 Å². The van der Waals surface area contributed by atoms with Crippen molar-refractivity contribution in [1.29, 1.82) is 0 Å². The van der Waals surface area contributed by atoms with Gasteiger partial charge in [0, 0.05) is 6.04 Å². The maximum absolute atomic E-state index is 11.2. The number of nitrogens with one attached hydrogen (secondary N) is 1. The first kappa shape index (κ1) is 15.4. The van der Waals surface area contributed by atoms with Gasteiger partial charge in [-0.1, -0.05) is 27.2 Å². The first-order valence-corrected chi connectivity index (χ1v) is 6.33. The van der Waals surface area contributed by atoms with Crippen molar-refractivity contribution in [3.05, 3.63) is 0 Å². The minimum absolute atomic E-state index is 0.259. The Hall–Kier alpha value is -0.570. The highest BCUT2D eigenvalue weighted by molar-refractivity contribution is 5.78. The zero-order valence-electron chi connectivity index (χ0n) is 11.3. The summed E-state index contributed by atoms with van der Waals surface area (Å²) in [6, 6.07) is 0.259. The molecule has 0 aliphatic carbocycles. The van der Waals surface area contributed by atoms with E-state index in [1.54, 1.807) is 6.92 Å². The van der Waals surface area contributed by atoms with Crippen LogP contribution in [0.15, 0.2) is 0 Å². The van der Waals surface area contributed by atoms with E-state index in [2.05, 4.69) is 26.1 Å². The fraction of sp³-hybridized carbons (Fsp3) is 0.923. The molecular weight excluding hydrogens is 202 g/mol. The van der Waals surface area contributed by atoms with Crippen LogP contribution in [0, 0.1) is 5.92 Å². The fourth-order valence-electron chi connectivity index (χ4n) is 1.94. The molecule has 3 heteroatoms. The molecule has 0 aliphatic rings. The third kappa shape index (κ3) is 5.50. The molecule has 0 heterocycles. The van der Waals surface area contributed by atoms with E-state index in [0.29, 0.717) is 12.3 Å². The lowest BCUT2D eigenvalue weighted by molar-refractivity contribution is -0.144. The van der Waals surface area contributed by atoms with Crippen molar-refractivity contribution >= 4 is 5.97 Å². The van der Waals surface area contributed by atoms with Crippen molar-refractivity contribution < 1.29 is 9.90 Å². The van der Waals surface area contributed by atoms with Gasteiger partial charge in [0.2, 0.25) is 0 Å². The Labute approximate surface area is 99.6 Å². The summed E-state index contributed by atoms with van der Waals surface area (Å²) in [6.07, 6.45) is 3.72. The first-order chi connectivity index (χ1) is 7.31. The predicted octanol–water partition coefficient (Wildman–Crippen LogP) is 3.04. The molecule has 0 aromatic rings. The number of hydrogen-bond acceptors (Lipinski definition) is 2. The molecule has 0 amide bonds. The number of hydrogen-bond donors (Lipinski definition) is 2. The highest BCUT2D eigenvalue weighted by Gasteiger charge is 2.32. The molecule has 0 aromatic heterocycles. The lowest BCUT2D eigenvalue weighted by Gasteiger charge is -2.30. The van der Waals surface area contributed by atoms with E-state index in [9.17, 15) is 9.90 Å². The molecule has 0 bridgehead atoms. The van der Waals surface area contributed by atoms with Crippen LogP contribution >= 0.6 is 0 Å². The predicted molar refractivity (Wildman–Crippen MR) is 67.6 cm³/mol. The molecule has 16 heavy (non-hydrogen) atoms. The molecular formula is C13H27NO2. The molecule has 2 N–H and O–H groups in total. The van der Waals surface area contributed by atoms with Gasteiger partial charge in [-0.15, -0.1) is 0 Å². The van der Waals surface area contributed by atoms with E-state index in [4.69, 9.17) is 0 Å². The lowest BCUT2D eigenvalue weighted by atomic mass is 9.94. The zero-order valence-corrected chi connectivity index (χ0v) is 11.3. The molecule has 0 aromatic carbocycles. The quantitative estimate of drug-likeness (QED) is 0.672. The topological polar surface area (TPSA) is 49.3 Å². The highest BCUT2D eigenvalue weighted by Crippen LogP contribution is 2.16. The molecule has 2 atom stereocenters. The van der Waals surface area contributed by atoms with Crippen LogP contribution in [0.4, 0.5) is 0 Å². The van der Waals surface area contributed by atoms with E-state index in [0.717, 1.165) is 19.3 Å². The van der Waals surface area contributed by atoms with Crippen molar-refractivity contribution in [3.8, 4) is 0 Å². The summed E-state index contributed by atoms with van der Waals surface area (Å²) in [5, 5.41) is 12.5. The lowest BCUT2D eigenvalue weighted by Crippen LogP contribution is -2.53. The van der Waals surface area contributed by atoms with Gasteiger partial charge in [0.25, 0.3) is 0 Å². The van der Waals surface area contributed by atoms with Crippen LogP contribution in [-0.2, 0) is 4.79 Å². The van der Waals surface area contributed by atoms with Gasteiger partial charge < -0.3 is 5.11 Å². The molecule has 0 aliphatic heterocycles. The van der Waals surface area contributed by atoms with E-state index < -0.39 is 11.5 Å². The van der Waals surface area contributed by atoms with Crippen LogP contribution in [0.3, 0.4) is 0 Å². The molecule has 0 fully saturated rings. The van der Waals surface area contributed by atoms with Gasteiger partial charge in [0.15, 0.2) is 0 Å². The summed E-state index contributed by atoms with van der Waals surface area (Å²) in [5.74, 6) is -0.0720. The average molecular weight is 229 g/mol. The average Bonchev–Trinajstić information content (AvgIpc) is 2.14. The summed E-state index contributed by atoms with van der Waals surface area (Å²) < 4.78 is 0. The second-order valence-corrected chi connectivity index (χ2v) is 5.40. The van der Waals surface area contributed by atoms with E-state index in [-0.39, 0.29) is 6.04 Å². The number of carboxylic acids is 1. The molecule has 0 radical (unpaired) electrons. The molecule has 0 saturated heterocycles. The largest absolute Gasteiger partial charge is 0.480 e. The molecule has 0 saturated carbocycles. The van der Waals surface area contributed by atoms with E-state index in [1.165, 1.54) is 0 Å². The van der Waals surface area contributed by atoms with Gasteiger partial charge in [-0.2, -0.15) is 0 Å². The van der Waals surface area contributed by atoms with Crippen LogP contribution in [0.5, 0.6) is 0 Å². The fourth-order valence-corrected chi connectivity index (χ4v) is 1.94.